The zero-order valence-corrected chi connectivity index (χ0v) is 27.5. The second-order valence-corrected chi connectivity index (χ2v) is 11.3. The van der Waals surface area contributed by atoms with Gasteiger partial charge in [-0.15, -0.1) is 41.3 Å². The smallest absolute Gasteiger partial charge is 0.509 e. The van der Waals surface area contributed by atoms with Crippen molar-refractivity contribution in [3.63, 3.8) is 0 Å². The van der Waals surface area contributed by atoms with E-state index >= 15 is 0 Å². The maximum atomic E-state index is 8.24. The van der Waals surface area contributed by atoms with Crippen LogP contribution in [0.25, 0.3) is 44.4 Å². The van der Waals surface area contributed by atoms with E-state index in [9.17, 15) is 0 Å². The van der Waals surface area contributed by atoms with E-state index in [1.165, 1.54) is 0 Å². The monoisotopic (exact) mass is 756 g/mol. The van der Waals surface area contributed by atoms with Crippen LogP contribution in [0, 0.1) is 32.9 Å². The van der Waals surface area contributed by atoms with Crippen molar-refractivity contribution in [3.05, 3.63) is 132 Å². The third-order valence-electron chi connectivity index (χ3n) is 7.94. The first-order valence-corrected chi connectivity index (χ1v) is 14.5. The molecule has 0 fully saturated rings. The van der Waals surface area contributed by atoms with Gasteiger partial charge in [0.2, 0.25) is 0 Å². The average molecular weight is 757 g/mol. The molecule has 0 spiro atoms. The summed E-state index contributed by atoms with van der Waals surface area (Å²) in [4.78, 5) is 4.67. The second-order valence-electron chi connectivity index (χ2n) is 11.3. The van der Waals surface area contributed by atoms with Crippen LogP contribution in [0.15, 0.2) is 97.2 Å². The van der Waals surface area contributed by atoms with Gasteiger partial charge < -0.3 is 9.30 Å². The third kappa shape index (κ3) is 5.26. The molecule has 0 atom stereocenters. The minimum absolute atomic E-state index is 0. The Kier molecular flexibility index (Phi) is 7.66. The van der Waals surface area contributed by atoms with Crippen molar-refractivity contribution in [2.75, 3.05) is 0 Å². The number of ether oxygens (including phenoxy) is 1. The van der Waals surface area contributed by atoms with Crippen LogP contribution in [-0.2, 0) is 21.1 Å². The van der Waals surface area contributed by atoms with E-state index < -0.39 is 0 Å². The van der Waals surface area contributed by atoms with Crippen molar-refractivity contribution < 1.29 is 27.2 Å². The summed E-state index contributed by atoms with van der Waals surface area (Å²) < 4.78 is 18.8. The Labute approximate surface area is 273 Å². The van der Waals surface area contributed by atoms with Crippen molar-refractivity contribution >= 4 is 21.8 Å². The fourth-order valence-electron chi connectivity index (χ4n) is 5.82. The summed E-state index contributed by atoms with van der Waals surface area (Å²) in [7, 11) is 0. The molecule has 0 saturated carbocycles. The van der Waals surface area contributed by atoms with Crippen LogP contribution in [-0.4, -0.2) is 19.3 Å². The number of aromatic nitrogens is 4. The summed E-state index contributed by atoms with van der Waals surface area (Å²) in [6, 6.07) is 35.7. The Morgan fingerprint density at radius 2 is 1.66 bits per heavy atom. The van der Waals surface area contributed by atoms with Crippen LogP contribution in [0.1, 0.15) is 43.7 Å². The van der Waals surface area contributed by atoms with Crippen LogP contribution < -0.4 is 4.74 Å². The molecule has 0 unspecified atom stereocenters. The quantitative estimate of drug-likeness (QED) is 0.159. The summed E-state index contributed by atoms with van der Waals surface area (Å²) in [6.45, 7) is 10.5. The van der Waals surface area contributed by atoms with E-state index in [1.807, 2.05) is 60.3 Å². The number of hydrogen-bond acceptors (Lipinski definition) is 3. The maximum absolute atomic E-state index is 8.24. The summed E-state index contributed by atoms with van der Waals surface area (Å²) in [5.74, 6) is 2.24. The normalized spacial score (nSPS) is 11.6. The van der Waals surface area contributed by atoms with E-state index in [4.69, 9.17) is 11.2 Å². The van der Waals surface area contributed by atoms with Gasteiger partial charge in [-0.25, -0.2) is 4.98 Å². The number of para-hydroxylation sites is 1. The van der Waals surface area contributed by atoms with Gasteiger partial charge >= 0.3 is 21.1 Å². The summed E-state index contributed by atoms with van der Waals surface area (Å²) >= 11 is 0. The standard InChI is InChI=1S/C38H32N4O.Pt/c1-24(2)29-20-30(42-27(5)38(26(4)40-42)28-11-7-6-8-12-28)22-32(21-29)43-31-15-16-34-33-13-9-10-14-35(33)41(36(34)23-31)37-19-25(3)17-18-39-37;/h6-21,24H,1-5H3;/q-2;+2/i9D;. The molecule has 7 aromatic rings. The van der Waals surface area contributed by atoms with Gasteiger partial charge in [0.05, 0.1) is 7.06 Å². The van der Waals surface area contributed by atoms with Gasteiger partial charge in [0.25, 0.3) is 0 Å². The molecule has 0 radical (unpaired) electrons. The topological polar surface area (TPSA) is 44.9 Å². The van der Waals surface area contributed by atoms with Crippen molar-refractivity contribution in [1.29, 1.82) is 0 Å². The van der Waals surface area contributed by atoms with Gasteiger partial charge in [0.1, 0.15) is 5.82 Å². The molecular formula is C38H32N4OPt. The molecule has 0 aliphatic rings. The number of aryl methyl sites for hydroxylation is 2. The Morgan fingerprint density at radius 1 is 0.841 bits per heavy atom. The second kappa shape index (κ2) is 11.9. The molecule has 0 saturated heterocycles. The third-order valence-corrected chi connectivity index (χ3v) is 7.94. The number of hydrogen-bond donors (Lipinski definition) is 0. The molecule has 6 heteroatoms. The zero-order valence-electron chi connectivity index (χ0n) is 26.3. The maximum Gasteiger partial charge on any atom is 2.00 e. The Balaban J connectivity index is 0.00000357. The summed E-state index contributed by atoms with van der Waals surface area (Å²) in [6.07, 6.45) is 1.82. The van der Waals surface area contributed by atoms with E-state index in [2.05, 4.69) is 85.8 Å². The molecule has 5 nitrogen and oxygen atoms in total. The number of benzene rings is 4. The molecular weight excluding hydrogens is 724 g/mol. The molecule has 44 heavy (non-hydrogen) atoms. The number of rotatable bonds is 6. The minimum atomic E-state index is 0. The largest absolute Gasteiger partial charge is 2.00 e. The van der Waals surface area contributed by atoms with E-state index in [0.29, 0.717) is 17.5 Å². The first kappa shape index (κ1) is 28.3. The molecule has 0 aliphatic carbocycles. The minimum Gasteiger partial charge on any atom is -0.509 e. The molecule has 0 amide bonds. The number of fused-ring (bicyclic) bond motifs is 3. The van der Waals surface area contributed by atoms with Crippen LogP contribution in [0.3, 0.4) is 0 Å². The van der Waals surface area contributed by atoms with Crippen LogP contribution in [0.5, 0.6) is 11.5 Å². The molecule has 7 rings (SSSR count). The predicted molar refractivity (Wildman–Crippen MR) is 174 cm³/mol. The molecule has 3 aromatic heterocycles. The van der Waals surface area contributed by atoms with Crippen LogP contribution in [0.4, 0.5) is 0 Å². The van der Waals surface area contributed by atoms with Crippen LogP contribution in [0.2, 0.25) is 0 Å². The van der Waals surface area contributed by atoms with Gasteiger partial charge in [0.15, 0.2) is 0 Å². The molecule has 4 aromatic carbocycles. The first-order valence-electron chi connectivity index (χ1n) is 15.0. The predicted octanol–water partition coefficient (Wildman–Crippen LogP) is 9.47. The van der Waals surface area contributed by atoms with Crippen molar-refractivity contribution in [3.8, 4) is 34.1 Å². The van der Waals surface area contributed by atoms with Crippen LogP contribution >= 0.6 is 0 Å². The molecule has 3 heterocycles. The summed E-state index contributed by atoms with van der Waals surface area (Å²) in [5.41, 5.74) is 9.17. The van der Waals surface area contributed by atoms with Gasteiger partial charge in [-0.1, -0.05) is 67.9 Å². The molecule has 0 N–H and O–H groups in total. The van der Waals surface area contributed by atoms with E-state index in [0.717, 1.165) is 67.0 Å². The fraction of sp³-hybridized carbons (Fsp3) is 0.158. The number of pyridine rings is 1. The van der Waals surface area contributed by atoms with Crippen molar-refractivity contribution in [2.45, 2.75) is 40.5 Å². The van der Waals surface area contributed by atoms with Gasteiger partial charge in [0, 0.05) is 34.5 Å². The Morgan fingerprint density at radius 3 is 2.43 bits per heavy atom. The van der Waals surface area contributed by atoms with Gasteiger partial charge in [-0.05, 0) is 67.1 Å². The zero-order chi connectivity index (χ0) is 30.5. The van der Waals surface area contributed by atoms with E-state index in [-0.39, 0.29) is 27.0 Å². The SMILES string of the molecule is [2H]c1ccc2c(c1)c1ccc(Oc3[c-]c(-n4nc(C)c(-c5ccccc5)c4C)cc(C(C)C)c3)[c-]c1n2-c1cc(C)ccn1.[Pt+2]. The average Bonchev–Trinajstić information content (AvgIpc) is 3.49. The van der Waals surface area contributed by atoms with Gasteiger partial charge in [-0.2, -0.15) is 11.2 Å². The van der Waals surface area contributed by atoms with Crippen molar-refractivity contribution in [1.82, 2.24) is 19.3 Å². The summed E-state index contributed by atoms with van der Waals surface area (Å²) in [5, 5.41) is 6.89. The molecule has 0 aliphatic heterocycles. The molecule has 0 bridgehead atoms. The van der Waals surface area contributed by atoms with Gasteiger partial charge in [-0.3, -0.25) is 4.68 Å². The first-order chi connectivity index (χ1) is 21.3. The van der Waals surface area contributed by atoms with Crippen molar-refractivity contribution in [2.24, 2.45) is 0 Å². The Bertz CT molecular complexity index is 2180. The number of nitrogens with zero attached hydrogens (tertiary/aromatic N) is 4. The molecule has 220 valence electrons. The fourth-order valence-corrected chi connectivity index (χ4v) is 5.82. The van der Waals surface area contributed by atoms with E-state index in [1.54, 1.807) is 6.07 Å². The Hall–Kier alpha value is -4.47.